The second kappa shape index (κ2) is 12.5. The maximum atomic E-state index is 11.3. The monoisotopic (exact) mass is 510 g/mol. The summed E-state index contributed by atoms with van der Waals surface area (Å²) in [6, 6.07) is 6.47. The first kappa shape index (κ1) is 24.1. The molecule has 7 nitrogen and oxygen atoms in total. The minimum atomic E-state index is -3.65. The van der Waals surface area contributed by atoms with Crippen LogP contribution in [0.4, 0.5) is 0 Å². The quantitative estimate of drug-likeness (QED) is 0.172. The lowest BCUT2D eigenvalue weighted by Crippen LogP contribution is -2.38. The van der Waals surface area contributed by atoms with E-state index in [1.807, 2.05) is 0 Å². The second-order valence-corrected chi connectivity index (χ2v) is 8.09. The number of nitrogens with zero attached hydrogens (tertiary/aromatic N) is 1. The fourth-order valence-corrected chi connectivity index (χ4v) is 3.52. The summed E-state index contributed by atoms with van der Waals surface area (Å²) < 4.78 is 28.5. The molecule has 0 amide bonds. The van der Waals surface area contributed by atoms with Gasteiger partial charge in [-0.3, -0.25) is 4.99 Å². The van der Waals surface area contributed by atoms with Crippen LogP contribution < -0.4 is 15.8 Å². The Morgan fingerprint density at radius 3 is 2.33 bits per heavy atom. The number of nitrogens with two attached hydrogens (primary N) is 1. The number of nitrogens with one attached hydrogen (secondary N) is 2. The van der Waals surface area contributed by atoms with Crippen molar-refractivity contribution >= 4 is 40.0 Å². The Balaban J connectivity index is 0.00000364. The summed E-state index contributed by atoms with van der Waals surface area (Å²) in [6.45, 7) is 1.89. The number of ether oxygens (including phenoxy) is 1. The van der Waals surface area contributed by atoms with E-state index >= 15 is 0 Å². The van der Waals surface area contributed by atoms with Crippen LogP contribution in [0.1, 0.15) is 44.1 Å². The van der Waals surface area contributed by atoms with Crippen LogP contribution in [0, 0.1) is 0 Å². The molecule has 2 rings (SSSR count). The van der Waals surface area contributed by atoms with Gasteiger partial charge in [-0.05, 0) is 30.5 Å². The first-order chi connectivity index (χ1) is 12.5. The summed E-state index contributed by atoms with van der Waals surface area (Å²) in [4.78, 5) is 4.29. The van der Waals surface area contributed by atoms with Crippen LogP contribution in [0.3, 0.4) is 0 Å². The molecule has 0 bridgehead atoms. The summed E-state index contributed by atoms with van der Waals surface area (Å²) in [5.41, 5.74) is 0.940. The van der Waals surface area contributed by atoms with Crippen LogP contribution in [-0.4, -0.2) is 40.7 Å². The van der Waals surface area contributed by atoms with Crippen LogP contribution in [0.25, 0.3) is 0 Å². The van der Waals surface area contributed by atoms with Crippen LogP contribution >= 0.6 is 24.0 Å². The van der Waals surface area contributed by atoms with Gasteiger partial charge in [-0.1, -0.05) is 37.8 Å². The van der Waals surface area contributed by atoms with Gasteiger partial charge in [0.25, 0.3) is 0 Å². The molecule has 1 saturated carbocycles. The number of benzene rings is 1. The maximum Gasteiger partial charge on any atom is 0.238 e. The molecule has 9 heteroatoms. The molecule has 0 atom stereocenters. The van der Waals surface area contributed by atoms with E-state index in [2.05, 4.69) is 15.6 Å². The second-order valence-electron chi connectivity index (χ2n) is 6.53. The molecule has 4 N–H and O–H groups in total. The maximum absolute atomic E-state index is 11.3. The highest BCUT2D eigenvalue weighted by Gasteiger charge is 2.12. The zero-order chi connectivity index (χ0) is 18.8. The van der Waals surface area contributed by atoms with Crippen molar-refractivity contribution in [2.75, 3.05) is 20.2 Å². The number of guanidine groups is 1. The van der Waals surface area contributed by atoms with Gasteiger partial charge >= 0.3 is 0 Å². The van der Waals surface area contributed by atoms with Crippen molar-refractivity contribution in [3.05, 3.63) is 29.8 Å². The highest BCUT2D eigenvalue weighted by molar-refractivity contribution is 14.0. The average Bonchev–Trinajstić information content (AvgIpc) is 2.89. The van der Waals surface area contributed by atoms with Gasteiger partial charge in [-0.15, -0.1) is 24.0 Å². The highest BCUT2D eigenvalue weighted by atomic mass is 127. The summed E-state index contributed by atoms with van der Waals surface area (Å²) >= 11 is 0. The Morgan fingerprint density at radius 2 is 1.78 bits per heavy atom. The molecule has 0 unspecified atom stereocenters. The Hall–Kier alpha value is -0.910. The summed E-state index contributed by atoms with van der Waals surface area (Å²) in [5, 5.41) is 11.5. The third-order valence-electron chi connectivity index (χ3n) is 4.49. The van der Waals surface area contributed by atoms with Crippen molar-refractivity contribution in [2.24, 2.45) is 10.1 Å². The Kier molecular flexibility index (Phi) is 11.2. The van der Waals surface area contributed by atoms with Gasteiger partial charge < -0.3 is 15.4 Å². The zero-order valence-electron chi connectivity index (χ0n) is 15.8. The molecule has 1 aliphatic carbocycles. The zero-order valence-corrected chi connectivity index (χ0v) is 19.0. The molecule has 0 spiro atoms. The molecule has 1 aromatic carbocycles. The first-order valence-electron chi connectivity index (χ1n) is 9.17. The number of halogens is 1. The van der Waals surface area contributed by atoms with E-state index in [-0.39, 0.29) is 28.9 Å². The molecule has 154 valence electrons. The number of aliphatic imine (C=N–C) groups is 1. The molecule has 0 radical (unpaired) electrons. The first-order valence-corrected chi connectivity index (χ1v) is 10.7. The van der Waals surface area contributed by atoms with Crippen molar-refractivity contribution in [2.45, 2.75) is 56.1 Å². The molecular formula is C18H31IN4O3S. The molecule has 0 heterocycles. The predicted molar refractivity (Wildman–Crippen MR) is 119 cm³/mol. The lowest BCUT2D eigenvalue weighted by Gasteiger charge is -2.17. The standard InChI is InChI=1S/C18H30N4O3S.HI/c1-20-18(21-12-13-25-16-6-4-2-3-5-7-16)22-14-15-8-10-17(11-9-15)26(19,23)24;/h8-11,16H,2-7,12-14H2,1H3,(H2,19,23,24)(H2,20,21,22);1H. The van der Waals surface area contributed by atoms with Crippen molar-refractivity contribution in [1.29, 1.82) is 0 Å². The minimum Gasteiger partial charge on any atom is -0.376 e. The average molecular weight is 510 g/mol. The Labute approximate surface area is 179 Å². The van der Waals surface area contributed by atoms with Crippen LogP contribution in [-0.2, 0) is 21.3 Å². The highest BCUT2D eigenvalue weighted by Crippen LogP contribution is 2.19. The topological polar surface area (TPSA) is 106 Å². The van der Waals surface area contributed by atoms with Gasteiger partial charge in [-0.25, -0.2) is 13.6 Å². The van der Waals surface area contributed by atoms with Crippen molar-refractivity contribution in [3.8, 4) is 0 Å². The van der Waals surface area contributed by atoms with Gasteiger partial charge in [0.1, 0.15) is 0 Å². The predicted octanol–water partition coefficient (Wildman–Crippen LogP) is 2.36. The smallest absolute Gasteiger partial charge is 0.238 e. The normalized spacial score (nSPS) is 16.3. The van der Waals surface area contributed by atoms with Gasteiger partial charge in [0.15, 0.2) is 5.96 Å². The Bertz CT molecular complexity index is 672. The third-order valence-corrected chi connectivity index (χ3v) is 5.41. The van der Waals surface area contributed by atoms with Gasteiger partial charge in [-0.2, -0.15) is 0 Å². The molecule has 0 aliphatic heterocycles. The minimum absolute atomic E-state index is 0. The van der Waals surface area contributed by atoms with E-state index in [4.69, 9.17) is 9.88 Å². The fraction of sp³-hybridized carbons (Fsp3) is 0.611. The number of sulfonamides is 1. The SMILES string of the molecule is CN=C(NCCOC1CCCCCC1)NCc1ccc(S(N)(=O)=O)cc1.I. The third kappa shape index (κ3) is 9.22. The van der Waals surface area contributed by atoms with Crippen molar-refractivity contribution in [3.63, 3.8) is 0 Å². The lowest BCUT2D eigenvalue weighted by atomic mass is 10.1. The van der Waals surface area contributed by atoms with E-state index in [1.165, 1.54) is 50.7 Å². The van der Waals surface area contributed by atoms with Crippen LogP contribution in [0.15, 0.2) is 34.2 Å². The van der Waals surface area contributed by atoms with Gasteiger partial charge in [0.05, 0.1) is 17.6 Å². The molecule has 27 heavy (non-hydrogen) atoms. The Morgan fingerprint density at radius 1 is 1.15 bits per heavy atom. The number of hydrogen-bond acceptors (Lipinski definition) is 4. The summed E-state index contributed by atoms with van der Waals surface area (Å²) in [6.07, 6.45) is 7.92. The van der Waals surface area contributed by atoms with Gasteiger partial charge in [0.2, 0.25) is 10.0 Å². The van der Waals surface area contributed by atoms with E-state index < -0.39 is 10.0 Å². The number of primary sulfonamides is 1. The van der Waals surface area contributed by atoms with Crippen molar-refractivity contribution < 1.29 is 13.2 Å². The van der Waals surface area contributed by atoms with E-state index in [9.17, 15) is 8.42 Å². The molecule has 1 aromatic rings. The summed E-state index contributed by atoms with van der Waals surface area (Å²) in [5.74, 6) is 0.685. The van der Waals surface area contributed by atoms with E-state index in [0.717, 1.165) is 5.56 Å². The molecule has 1 aliphatic rings. The van der Waals surface area contributed by atoms with Crippen LogP contribution in [0.2, 0.25) is 0 Å². The number of hydrogen-bond donors (Lipinski definition) is 3. The number of rotatable bonds is 7. The van der Waals surface area contributed by atoms with E-state index in [0.29, 0.717) is 31.8 Å². The van der Waals surface area contributed by atoms with E-state index in [1.54, 1.807) is 19.2 Å². The fourth-order valence-electron chi connectivity index (χ4n) is 3.01. The van der Waals surface area contributed by atoms with Gasteiger partial charge in [0, 0.05) is 20.1 Å². The molecular weight excluding hydrogens is 479 g/mol. The molecule has 0 aromatic heterocycles. The van der Waals surface area contributed by atoms with Crippen LogP contribution in [0.5, 0.6) is 0 Å². The molecule has 1 fully saturated rings. The summed E-state index contributed by atoms with van der Waals surface area (Å²) in [7, 11) is -1.94. The van der Waals surface area contributed by atoms with Crippen molar-refractivity contribution in [1.82, 2.24) is 10.6 Å². The largest absolute Gasteiger partial charge is 0.376 e. The molecule has 0 saturated heterocycles. The lowest BCUT2D eigenvalue weighted by molar-refractivity contribution is 0.0468.